The van der Waals surface area contributed by atoms with Gasteiger partial charge in [0.1, 0.15) is 0 Å². The van der Waals surface area contributed by atoms with Crippen molar-refractivity contribution in [1.82, 2.24) is 5.32 Å². The third kappa shape index (κ3) is 7.78. The Hall–Kier alpha value is -0.570. The van der Waals surface area contributed by atoms with E-state index in [9.17, 15) is 4.79 Å². The van der Waals surface area contributed by atoms with E-state index in [0.717, 1.165) is 13.0 Å². The van der Waals surface area contributed by atoms with E-state index < -0.39 is 0 Å². The first-order valence-electron chi connectivity index (χ1n) is 4.80. The third-order valence-corrected chi connectivity index (χ3v) is 2.07. The van der Waals surface area contributed by atoms with Crippen LogP contribution in [0.25, 0.3) is 0 Å². The van der Waals surface area contributed by atoms with Crippen LogP contribution in [0, 0.1) is 5.41 Å². The monoisotopic (exact) mass is 187 g/mol. The van der Waals surface area contributed by atoms with Crippen molar-refractivity contribution in [2.24, 2.45) is 5.41 Å². The zero-order valence-electron chi connectivity index (χ0n) is 9.14. The highest BCUT2D eigenvalue weighted by Crippen LogP contribution is 2.19. The van der Waals surface area contributed by atoms with Crippen molar-refractivity contribution in [2.45, 2.75) is 34.1 Å². The molecule has 3 heteroatoms. The minimum absolute atomic E-state index is 0.00153. The molecule has 0 bridgehead atoms. The van der Waals surface area contributed by atoms with Crippen molar-refractivity contribution in [2.75, 3.05) is 19.8 Å². The summed E-state index contributed by atoms with van der Waals surface area (Å²) in [6.45, 7) is 9.96. The fourth-order valence-corrected chi connectivity index (χ4v) is 0.750. The second-order valence-electron chi connectivity index (χ2n) is 4.05. The summed E-state index contributed by atoms with van der Waals surface area (Å²) >= 11 is 0. The van der Waals surface area contributed by atoms with Crippen molar-refractivity contribution in [3.05, 3.63) is 0 Å². The molecule has 1 amide bonds. The maximum Gasteiger partial charge on any atom is 0.216 e. The van der Waals surface area contributed by atoms with Crippen LogP contribution in [0.5, 0.6) is 0 Å². The lowest BCUT2D eigenvalue weighted by Crippen LogP contribution is -2.26. The molecule has 0 aromatic rings. The average Bonchev–Trinajstić information content (AvgIpc) is 2.03. The van der Waals surface area contributed by atoms with Gasteiger partial charge in [0, 0.05) is 13.5 Å². The fraction of sp³-hybridized carbons (Fsp3) is 0.900. The number of nitrogens with one attached hydrogen (secondary N) is 1. The Morgan fingerprint density at radius 3 is 2.54 bits per heavy atom. The van der Waals surface area contributed by atoms with Crippen molar-refractivity contribution >= 4 is 5.91 Å². The lowest BCUT2D eigenvalue weighted by molar-refractivity contribution is -0.119. The lowest BCUT2D eigenvalue weighted by Gasteiger charge is -2.22. The molecule has 0 saturated carbocycles. The Morgan fingerprint density at radius 1 is 1.46 bits per heavy atom. The predicted molar refractivity (Wildman–Crippen MR) is 53.6 cm³/mol. The van der Waals surface area contributed by atoms with Gasteiger partial charge in [0.15, 0.2) is 0 Å². The molecular formula is C10H21NO2. The molecular weight excluding hydrogens is 166 g/mol. The van der Waals surface area contributed by atoms with Crippen LogP contribution in [0.2, 0.25) is 0 Å². The SMILES string of the molecule is CCC(C)(C)COCCNC(C)=O. The number of hydrogen-bond donors (Lipinski definition) is 1. The Kier molecular flexibility index (Phi) is 5.71. The molecule has 0 heterocycles. The first-order valence-corrected chi connectivity index (χ1v) is 4.80. The maximum absolute atomic E-state index is 10.5. The quantitative estimate of drug-likeness (QED) is 0.641. The summed E-state index contributed by atoms with van der Waals surface area (Å²) in [5.74, 6) is -0.00153. The minimum atomic E-state index is -0.00153. The standard InChI is InChI=1S/C10H21NO2/c1-5-10(3,4)8-13-7-6-11-9(2)12/h5-8H2,1-4H3,(H,11,12). The van der Waals surface area contributed by atoms with Crippen LogP contribution < -0.4 is 5.32 Å². The molecule has 0 unspecified atom stereocenters. The van der Waals surface area contributed by atoms with E-state index >= 15 is 0 Å². The largest absolute Gasteiger partial charge is 0.379 e. The Morgan fingerprint density at radius 2 is 2.08 bits per heavy atom. The molecule has 0 rings (SSSR count). The van der Waals surface area contributed by atoms with Crippen LogP contribution in [0.15, 0.2) is 0 Å². The third-order valence-electron chi connectivity index (χ3n) is 2.07. The van der Waals surface area contributed by atoms with Gasteiger partial charge < -0.3 is 10.1 Å². The molecule has 0 atom stereocenters. The van der Waals surface area contributed by atoms with E-state index in [-0.39, 0.29) is 11.3 Å². The zero-order valence-corrected chi connectivity index (χ0v) is 9.14. The highest BCUT2D eigenvalue weighted by atomic mass is 16.5. The molecule has 0 aliphatic rings. The van der Waals surface area contributed by atoms with Gasteiger partial charge >= 0.3 is 0 Å². The van der Waals surface area contributed by atoms with Crippen LogP contribution >= 0.6 is 0 Å². The molecule has 0 aromatic heterocycles. The summed E-state index contributed by atoms with van der Waals surface area (Å²) in [5.41, 5.74) is 0.246. The van der Waals surface area contributed by atoms with Crippen molar-refractivity contribution in [3.63, 3.8) is 0 Å². The topological polar surface area (TPSA) is 38.3 Å². The molecule has 0 saturated heterocycles. The summed E-state index contributed by atoms with van der Waals surface area (Å²) in [5, 5.41) is 2.69. The van der Waals surface area contributed by atoms with E-state index in [1.165, 1.54) is 6.92 Å². The average molecular weight is 187 g/mol. The van der Waals surface area contributed by atoms with Gasteiger partial charge in [-0.3, -0.25) is 4.79 Å². The normalized spacial score (nSPS) is 11.4. The summed E-state index contributed by atoms with van der Waals surface area (Å²) in [7, 11) is 0. The van der Waals surface area contributed by atoms with E-state index in [1.54, 1.807) is 0 Å². The van der Waals surface area contributed by atoms with E-state index in [4.69, 9.17) is 4.74 Å². The van der Waals surface area contributed by atoms with Gasteiger partial charge in [-0.05, 0) is 11.8 Å². The molecule has 3 nitrogen and oxygen atoms in total. The van der Waals surface area contributed by atoms with Gasteiger partial charge in [-0.15, -0.1) is 0 Å². The van der Waals surface area contributed by atoms with Crippen molar-refractivity contribution < 1.29 is 9.53 Å². The number of hydrogen-bond acceptors (Lipinski definition) is 2. The maximum atomic E-state index is 10.5. The Balaban J connectivity index is 3.30. The van der Waals surface area contributed by atoms with Crippen LogP contribution in [-0.4, -0.2) is 25.7 Å². The fourth-order valence-electron chi connectivity index (χ4n) is 0.750. The molecule has 0 radical (unpaired) electrons. The second-order valence-corrected chi connectivity index (χ2v) is 4.05. The number of ether oxygens (including phenoxy) is 1. The molecule has 1 N–H and O–H groups in total. The Labute approximate surface area is 80.8 Å². The van der Waals surface area contributed by atoms with Crippen molar-refractivity contribution in [1.29, 1.82) is 0 Å². The van der Waals surface area contributed by atoms with E-state index in [2.05, 4.69) is 26.1 Å². The van der Waals surface area contributed by atoms with Gasteiger partial charge in [-0.2, -0.15) is 0 Å². The van der Waals surface area contributed by atoms with Crippen LogP contribution in [0.4, 0.5) is 0 Å². The summed E-state index contributed by atoms with van der Waals surface area (Å²) in [6.07, 6.45) is 1.10. The zero-order chi connectivity index (χ0) is 10.3. The molecule has 0 aliphatic carbocycles. The van der Waals surface area contributed by atoms with Gasteiger partial charge in [0.05, 0.1) is 13.2 Å². The lowest BCUT2D eigenvalue weighted by atomic mass is 9.92. The van der Waals surface area contributed by atoms with Crippen molar-refractivity contribution in [3.8, 4) is 0 Å². The smallest absolute Gasteiger partial charge is 0.216 e. The molecule has 0 aromatic carbocycles. The Bertz CT molecular complexity index is 155. The van der Waals surface area contributed by atoms with Gasteiger partial charge in [-0.25, -0.2) is 0 Å². The molecule has 0 aliphatic heterocycles. The summed E-state index contributed by atoms with van der Waals surface area (Å²) < 4.78 is 5.42. The number of carbonyl (C=O) groups is 1. The second kappa shape index (κ2) is 5.97. The van der Waals surface area contributed by atoms with Crippen LogP contribution in [0.3, 0.4) is 0 Å². The molecule has 0 fully saturated rings. The molecule has 13 heavy (non-hydrogen) atoms. The highest BCUT2D eigenvalue weighted by Gasteiger charge is 2.14. The van der Waals surface area contributed by atoms with Gasteiger partial charge in [0.25, 0.3) is 0 Å². The highest BCUT2D eigenvalue weighted by molar-refractivity contribution is 5.72. The van der Waals surface area contributed by atoms with Crippen LogP contribution in [0.1, 0.15) is 34.1 Å². The number of amides is 1. The summed E-state index contributed by atoms with van der Waals surface area (Å²) in [6, 6.07) is 0. The first kappa shape index (κ1) is 12.4. The van der Waals surface area contributed by atoms with Gasteiger partial charge in [-0.1, -0.05) is 20.8 Å². The molecule has 0 spiro atoms. The number of rotatable bonds is 6. The van der Waals surface area contributed by atoms with E-state index in [0.29, 0.717) is 13.2 Å². The molecule has 78 valence electrons. The van der Waals surface area contributed by atoms with Crippen LogP contribution in [-0.2, 0) is 9.53 Å². The first-order chi connectivity index (χ1) is 5.98. The summed E-state index contributed by atoms with van der Waals surface area (Å²) in [4.78, 5) is 10.5. The number of carbonyl (C=O) groups excluding carboxylic acids is 1. The predicted octanol–water partition coefficient (Wildman–Crippen LogP) is 1.58. The van der Waals surface area contributed by atoms with Gasteiger partial charge in [0.2, 0.25) is 5.91 Å². The van der Waals surface area contributed by atoms with E-state index in [1.807, 2.05) is 0 Å². The minimum Gasteiger partial charge on any atom is -0.379 e.